The molecule has 0 radical (unpaired) electrons. The zero-order valence-corrected chi connectivity index (χ0v) is 15.4. The first-order valence-electron chi connectivity index (χ1n) is 9.13. The molecule has 0 aromatic heterocycles. The van der Waals surface area contributed by atoms with Gasteiger partial charge in [0.1, 0.15) is 0 Å². The van der Waals surface area contributed by atoms with E-state index in [0.29, 0.717) is 10.7 Å². The Bertz CT molecular complexity index is 270. The Morgan fingerprint density at radius 2 is 1.62 bits per heavy atom. The van der Waals surface area contributed by atoms with Crippen LogP contribution < -0.4 is 5.32 Å². The first kappa shape index (κ1) is 19.0. The molecule has 2 atom stereocenters. The molecule has 1 saturated carbocycles. The van der Waals surface area contributed by atoms with Crippen molar-refractivity contribution in [2.24, 2.45) is 5.92 Å². The summed E-state index contributed by atoms with van der Waals surface area (Å²) in [6.07, 6.45) is 16.3. The number of carbonyl (C=O) groups excluding carboxylic acids is 1. The third-order valence-corrected chi connectivity index (χ3v) is 5.40. The summed E-state index contributed by atoms with van der Waals surface area (Å²) in [6.45, 7) is 3.15. The van der Waals surface area contributed by atoms with Crippen LogP contribution in [0.15, 0.2) is 0 Å². The van der Waals surface area contributed by atoms with Crippen molar-refractivity contribution in [3.63, 3.8) is 0 Å². The fourth-order valence-electron chi connectivity index (χ4n) is 3.14. The van der Waals surface area contributed by atoms with E-state index in [4.69, 9.17) is 0 Å². The summed E-state index contributed by atoms with van der Waals surface area (Å²) in [4.78, 5) is 12.4. The minimum Gasteiger partial charge on any atom is -0.356 e. The number of unbranched alkanes of at least 4 members (excludes halogenated alkanes) is 8. The van der Waals surface area contributed by atoms with Crippen LogP contribution in [0.3, 0.4) is 0 Å². The Morgan fingerprint density at radius 3 is 2.19 bits per heavy atom. The van der Waals surface area contributed by atoms with Crippen molar-refractivity contribution in [3.8, 4) is 0 Å². The summed E-state index contributed by atoms with van der Waals surface area (Å²) < 4.78 is 0. The average Bonchev–Trinajstić information content (AvgIpc) is 2.89. The fraction of sp³-hybridized carbons (Fsp3) is 0.944. The number of amides is 1. The van der Waals surface area contributed by atoms with Gasteiger partial charge in [0.05, 0.1) is 0 Å². The van der Waals surface area contributed by atoms with Gasteiger partial charge in [-0.3, -0.25) is 4.79 Å². The molecule has 0 aromatic rings. The summed E-state index contributed by atoms with van der Waals surface area (Å²) in [5.74, 6) is 0.956. The van der Waals surface area contributed by atoms with E-state index in [1.165, 1.54) is 70.6 Å². The van der Waals surface area contributed by atoms with Crippen LogP contribution in [-0.4, -0.2) is 17.3 Å². The van der Waals surface area contributed by atoms with E-state index in [1.807, 2.05) is 0 Å². The largest absolute Gasteiger partial charge is 0.356 e. The SMILES string of the molecule is CCCCCCCCCCCC(=O)NCC1CCC(Br)C1. The van der Waals surface area contributed by atoms with E-state index < -0.39 is 0 Å². The first-order valence-corrected chi connectivity index (χ1v) is 10.0. The standard InChI is InChI=1S/C18H34BrNO/c1-2-3-4-5-6-7-8-9-10-11-18(21)20-15-16-12-13-17(19)14-16/h16-17H,2-15H2,1H3,(H,20,21). The molecule has 0 aliphatic heterocycles. The van der Waals surface area contributed by atoms with Crippen LogP contribution in [0.25, 0.3) is 0 Å². The van der Waals surface area contributed by atoms with E-state index in [2.05, 4.69) is 28.2 Å². The maximum atomic E-state index is 11.8. The van der Waals surface area contributed by atoms with Gasteiger partial charge in [-0.25, -0.2) is 0 Å². The van der Waals surface area contributed by atoms with E-state index in [-0.39, 0.29) is 5.91 Å². The van der Waals surface area contributed by atoms with Crippen molar-refractivity contribution >= 4 is 21.8 Å². The van der Waals surface area contributed by atoms with Gasteiger partial charge in [-0.05, 0) is 31.6 Å². The van der Waals surface area contributed by atoms with Crippen LogP contribution >= 0.6 is 15.9 Å². The molecule has 1 amide bonds. The maximum Gasteiger partial charge on any atom is 0.220 e. The Kier molecular flexibility index (Phi) is 11.3. The van der Waals surface area contributed by atoms with Crippen molar-refractivity contribution in [1.82, 2.24) is 5.32 Å². The van der Waals surface area contributed by atoms with E-state index >= 15 is 0 Å². The Balaban J connectivity index is 1.83. The molecule has 0 heterocycles. The van der Waals surface area contributed by atoms with Gasteiger partial charge in [0.25, 0.3) is 0 Å². The second kappa shape index (κ2) is 12.5. The van der Waals surface area contributed by atoms with E-state index in [1.54, 1.807) is 0 Å². The molecule has 1 fully saturated rings. The minimum absolute atomic E-state index is 0.260. The number of nitrogens with one attached hydrogen (secondary N) is 1. The lowest BCUT2D eigenvalue weighted by molar-refractivity contribution is -0.121. The highest BCUT2D eigenvalue weighted by molar-refractivity contribution is 9.09. The Hall–Kier alpha value is -0.0500. The van der Waals surface area contributed by atoms with Gasteiger partial charge in [-0.1, -0.05) is 74.2 Å². The minimum atomic E-state index is 0.260. The predicted molar refractivity (Wildman–Crippen MR) is 94.9 cm³/mol. The number of carbonyl (C=O) groups is 1. The second-order valence-electron chi connectivity index (χ2n) is 6.66. The van der Waals surface area contributed by atoms with Gasteiger partial charge < -0.3 is 5.32 Å². The molecular weight excluding hydrogens is 326 g/mol. The van der Waals surface area contributed by atoms with Gasteiger partial charge in [0.2, 0.25) is 5.91 Å². The summed E-state index contributed by atoms with van der Waals surface area (Å²) in [5.41, 5.74) is 0. The average molecular weight is 360 g/mol. The van der Waals surface area contributed by atoms with Crippen LogP contribution in [0.5, 0.6) is 0 Å². The van der Waals surface area contributed by atoms with E-state index in [0.717, 1.165) is 19.4 Å². The van der Waals surface area contributed by atoms with Crippen LogP contribution in [0, 0.1) is 5.92 Å². The highest BCUT2D eigenvalue weighted by Crippen LogP contribution is 2.29. The molecule has 1 N–H and O–H groups in total. The molecule has 0 spiro atoms. The smallest absolute Gasteiger partial charge is 0.220 e. The van der Waals surface area contributed by atoms with Gasteiger partial charge >= 0.3 is 0 Å². The molecule has 21 heavy (non-hydrogen) atoms. The van der Waals surface area contributed by atoms with Crippen molar-refractivity contribution < 1.29 is 4.79 Å². The van der Waals surface area contributed by atoms with E-state index in [9.17, 15) is 4.79 Å². The molecule has 1 rings (SSSR count). The zero-order chi connectivity index (χ0) is 15.3. The zero-order valence-electron chi connectivity index (χ0n) is 13.8. The summed E-state index contributed by atoms with van der Waals surface area (Å²) >= 11 is 3.66. The molecule has 2 unspecified atom stereocenters. The van der Waals surface area contributed by atoms with Crippen molar-refractivity contribution in [2.75, 3.05) is 6.54 Å². The highest BCUT2D eigenvalue weighted by Gasteiger charge is 2.22. The third-order valence-electron chi connectivity index (χ3n) is 4.57. The molecule has 1 aliphatic rings. The highest BCUT2D eigenvalue weighted by atomic mass is 79.9. The molecule has 124 valence electrons. The number of alkyl halides is 1. The number of hydrogen-bond donors (Lipinski definition) is 1. The Labute approximate surface area is 140 Å². The van der Waals surface area contributed by atoms with Crippen molar-refractivity contribution in [2.45, 2.75) is 95.2 Å². The van der Waals surface area contributed by atoms with Crippen LogP contribution in [0.1, 0.15) is 90.4 Å². The predicted octanol–water partition coefficient (Wildman–Crippen LogP) is 5.59. The van der Waals surface area contributed by atoms with Crippen molar-refractivity contribution in [3.05, 3.63) is 0 Å². The molecule has 0 bridgehead atoms. The molecule has 0 saturated heterocycles. The summed E-state index contributed by atoms with van der Waals surface area (Å²) in [6, 6.07) is 0. The molecule has 0 aromatic carbocycles. The van der Waals surface area contributed by atoms with Gasteiger partial charge in [-0.2, -0.15) is 0 Å². The topological polar surface area (TPSA) is 29.1 Å². The lowest BCUT2D eigenvalue weighted by Gasteiger charge is -2.10. The number of rotatable bonds is 12. The van der Waals surface area contributed by atoms with Crippen LogP contribution in [0.2, 0.25) is 0 Å². The second-order valence-corrected chi connectivity index (χ2v) is 7.95. The Morgan fingerprint density at radius 1 is 1.00 bits per heavy atom. The summed E-state index contributed by atoms with van der Waals surface area (Å²) in [7, 11) is 0. The van der Waals surface area contributed by atoms with Crippen molar-refractivity contribution in [1.29, 1.82) is 0 Å². The van der Waals surface area contributed by atoms with Crippen LogP contribution in [0.4, 0.5) is 0 Å². The normalized spacial score (nSPS) is 21.6. The molecular formula is C18H34BrNO. The first-order chi connectivity index (χ1) is 10.2. The summed E-state index contributed by atoms with van der Waals surface area (Å²) in [5, 5.41) is 3.11. The quantitative estimate of drug-likeness (QED) is 0.357. The molecule has 2 nitrogen and oxygen atoms in total. The van der Waals surface area contributed by atoms with Gasteiger partial charge in [0.15, 0.2) is 0 Å². The van der Waals surface area contributed by atoms with Gasteiger partial charge in [-0.15, -0.1) is 0 Å². The van der Waals surface area contributed by atoms with Gasteiger partial charge in [0, 0.05) is 17.8 Å². The number of hydrogen-bond acceptors (Lipinski definition) is 1. The lowest BCUT2D eigenvalue weighted by atomic mass is 10.1. The lowest BCUT2D eigenvalue weighted by Crippen LogP contribution is -2.28. The molecule has 1 aliphatic carbocycles. The van der Waals surface area contributed by atoms with Crippen LogP contribution in [-0.2, 0) is 4.79 Å². The maximum absolute atomic E-state index is 11.8. The fourth-order valence-corrected chi connectivity index (χ4v) is 3.94. The molecule has 3 heteroatoms. The number of halogens is 1. The monoisotopic (exact) mass is 359 g/mol. The third kappa shape index (κ3) is 10.3.